The molecule has 0 aromatic heterocycles. The van der Waals surface area contributed by atoms with Crippen LogP contribution in [0.4, 0.5) is 0 Å². The standard InChI is InChI=1S/C15H11BrCl2N2O2/c16-11-2-5-13(6-3-11)22-9-15(21)20-19-8-10-1-4-12(17)7-14(10)18/h1-8H,9H2,(H,20,21). The lowest BCUT2D eigenvalue weighted by atomic mass is 10.2. The van der Waals surface area contributed by atoms with E-state index in [1.54, 1.807) is 30.3 Å². The molecule has 0 aliphatic heterocycles. The van der Waals surface area contributed by atoms with Crippen molar-refractivity contribution >= 4 is 51.3 Å². The summed E-state index contributed by atoms with van der Waals surface area (Å²) >= 11 is 15.1. The fourth-order valence-corrected chi connectivity index (χ4v) is 2.21. The van der Waals surface area contributed by atoms with Gasteiger partial charge in [0.1, 0.15) is 5.75 Å². The molecular weight excluding hydrogens is 391 g/mol. The van der Waals surface area contributed by atoms with Gasteiger partial charge in [-0.2, -0.15) is 5.10 Å². The molecule has 7 heteroatoms. The first kappa shape index (κ1) is 16.8. The molecule has 0 aliphatic carbocycles. The van der Waals surface area contributed by atoms with Crippen molar-refractivity contribution in [3.63, 3.8) is 0 Å². The summed E-state index contributed by atoms with van der Waals surface area (Å²) in [5.41, 5.74) is 3.01. The third-order valence-corrected chi connectivity index (χ3v) is 3.63. The molecule has 1 N–H and O–H groups in total. The Labute approximate surface area is 146 Å². The van der Waals surface area contributed by atoms with E-state index in [2.05, 4.69) is 26.5 Å². The van der Waals surface area contributed by atoms with E-state index in [-0.39, 0.29) is 12.5 Å². The van der Waals surface area contributed by atoms with Crippen LogP contribution in [-0.2, 0) is 4.79 Å². The molecule has 2 aromatic carbocycles. The third kappa shape index (κ3) is 5.33. The van der Waals surface area contributed by atoms with Gasteiger partial charge >= 0.3 is 0 Å². The van der Waals surface area contributed by atoms with Crippen molar-refractivity contribution in [1.82, 2.24) is 5.43 Å². The maximum Gasteiger partial charge on any atom is 0.277 e. The van der Waals surface area contributed by atoms with Gasteiger partial charge in [0.25, 0.3) is 5.91 Å². The van der Waals surface area contributed by atoms with Crippen molar-refractivity contribution in [3.05, 3.63) is 62.5 Å². The first-order valence-electron chi connectivity index (χ1n) is 6.20. The fraction of sp³-hybridized carbons (Fsp3) is 0.0667. The number of carbonyl (C=O) groups excluding carboxylic acids is 1. The smallest absolute Gasteiger partial charge is 0.277 e. The van der Waals surface area contributed by atoms with E-state index in [0.29, 0.717) is 21.4 Å². The molecule has 4 nitrogen and oxygen atoms in total. The summed E-state index contributed by atoms with van der Waals surface area (Å²) in [5.74, 6) is 0.229. The average Bonchev–Trinajstić information content (AvgIpc) is 2.49. The number of nitrogens with zero attached hydrogens (tertiary/aromatic N) is 1. The highest BCUT2D eigenvalue weighted by Gasteiger charge is 2.02. The molecule has 0 heterocycles. The van der Waals surface area contributed by atoms with E-state index in [1.165, 1.54) is 6.21 Å². The number of benzene rings is 2. The molecule has 0 aliphatic rings. The number of amides is 1. The number of hydrogen-bond acceptors (Lipinski definition) is 3. The Morgan fingerprint density at radius 2 is 1.95 bits per heavy atom. The number of halogens is 3. The third-order valence-electron chi connectivity index (χ3n) is 2.54. The minimum Gasteiger partial charge on any atom is -0.484 e. The van der Waals surface area contributed by atoms with Gasteiger partial charge in [-0.3, -0.25) is 4.79 Å². The molecule has 0 saturated heterocycles. The molecule has 2 rings (SSSR count). The van der Waals surface area contributed by atoms with Gasteiger partial charge in [-0.15, -0.1) is 0 Å². The second-order valence-corrected chi connectivity index (χ2v) is 5.96. The van der Waals surface area contributed by atoms with Crippen LogP contribution in [0, 0.1) is 0 Å². The molecular formula is C15H11BrCl2N2O2. The summed E-state index contributed by atoms with van der Waals surface area (Å²) in [4.78, 5) is 11.6. The van der Waals surface area contributed by atoms with Crippen LogP contribution in [-0.4, -0.2) is 18.7 Å². The zero-order chi connectivity index (χ0) is 15.9. The van der Waals surface area contributed by atoms with Crippen LogP contribution in [0.2, 0.25) is 10.0 Å². The average molecular weight is 402 g/mol. The minimum absolute atomic E-state index is 0.132. The van der Waals surface area contributed by atoms with Crippen LogP contribution >= 0.6 is 39.1 Å². The zero-order valence-corrected chi connectivity index (χ0v) is 14.3. The van der Waals surface area contributed by atoms with Crippen LogP contribution in [0.15, 0.2) is 52.0 Å². The summed E-state index contributed by atoms with van der Waals surface area (Å²) in [6.45, 7) is -0.132. The van der Waals surface area contributed by atoms with Gasteiger partial charge in [0.2, 0.25) is 0 Å². The van der Waals surface area contributed by atoms with Gasteiger partial charge in [-0.25, -0.2) is 5.43 Å². The summed E-state index contributed by atoms with van der Waals surface area (Å²) in [6.07, 6.45) is 1.44. The van der Waals surface area contributed by atoms with Crippen molar-refractivity contribution < 1.29 is 9.53 Å². The topological polar surface area (TPSA) is 50.7 Å². The summed E-state index contributed by atoms with van der Waals surface area (Å²) < 4.78 is 6.25. The molecule has 0 unspecified atom stereocenters. The van der Waals surface area contributed by atoms with Gasteiger partial charge in [-0.1, -0.05) is 45.2 Å². The van der Waals surface area contributed by atoms with Gasteiger partial charge in [0.05, 0.1) is 11.2 Å². The van der Waals surface area contributed by atoms with Crippen molar-refractivity contribution in [2.75, 3.05) is 6.61 Å². The number of nitrogens with one attached hydrogen (secondary N) is 1. The van der Waals surface area contributed by atoms with Crippen molar-refractivity contribution in [2.24, 2.45) is 5.10 Å². The molecule has 114 valence electrons. The molecule has 0 saturated carbocycles. The maximum atomic E-state index is 11.6. The second kappa shape index (κ2) is 8.17. The summed E-state index contributed by atoms with van der Waals surface area (Å²) in [5, 5.41) is 4.81. The number of hydrogen-bond donors (Lipinski definition) is 1. The SMILES string of the molecule is O=C(COc1ccc(Br)cc1)NN=Cc1ccc(Cl)cc1Cl. The predicted molar refractivity (Wildman–Crippen MR) is 91.8 cm³/mol. The Morgan fingerprint density at radius 3 is 2.64 bits per heavy atom. The number of rotatable bonds is 5. The first-order valence-corrected chi connectivity index (χ1v) is 7.75. The number of ether oxygens (including phenoxy) is 1. The molecule has 22 heavy (non-hydrogen) atoms. The van der Waals surface area contributed by atoms with Crippen LogP contribution in [0.3, 0.4) is 0 Å². The lowest BCUT2D eigenvalue weighted by Gasteiger charge is -2.04. The number of hydrazone groups is 1. The Bertz CT molecular complexity index is 690. The monoisotopic (exact) mass is 400 g/mol. The lowest BCUT2D eigenvalue weighted by Crippen LogP contribution is -2.24. The molecule has 1 amide bonds. The summed E-state index contributed by atoms with van der Waals surface area (Å²) in [6, 6.07) is 12.2. The molecule has 0 radical (unpaired) electrons. The molecule has 0 spiro atoms. The van der Waals surface area contributed by atoms with E-state index >= 15 is 0 Å². The Morgan fingerprint density at radius 1 is 1.23 bits per heavy atom. The molecule has 0 atom stereocenters. The van der Waals surface area contributed by atoms with Crippen LogP contribution in [0.5, 0.6) is 5.75 Å². The van der Waals surface area contributed by atoms with Gasteiger partial charge in [0, 0.05) is 15.1 Å². The van der Waals surface area contributed by atoms with E-state index in [1.807, 2.05) is 12.1 Å². The highest BCUT2D eigenvalue weighted by molar-refractivity contribution is 9.10. The first-order chi connectivity index (χ1) is 10.5. The Hall–Kier alpha value is -1.56. The highest BCUT2D eigenvalue weighted by Crippen LogP contribution is 2.19. The predicted octanol–water partition coefficient (Wildman–Crippen LogP) is 4.29. The van der Waals surface area contributed by atoms with Crippen LogP contribution < -0.4 is 10.2 Å². The van der Waals surface area contributed by atoms with Crippen molar-refractivity contribution in [3.8, 4) is 5.75 Å². The van der Waals surface area contributed by atoms with Gasteiger partial charge < -0.3 is 4.74 Å². The molecule has 0 bridgehead atoms. The van der Waals surface area contributed by atoms with Crippen LogP contribution in [0.1, 0.15) is 5.56 Å². The van der Waals surface area contributed by atoms with E-state index in [9.17, 15) is 4.79 Å². The second-order valence-electron chi connectivity index (χ2n) is 4.20. The largest absolute Gasteiger partial charge is 0.484 e. The Balaban J connectivity index is 1.82. The molecule has 0 fully saturated rings. The zero-order valence-electron chi connectivity index (χ0n) is 11.2. The summed E-state index contributed by atoms with van der Waals surface area (Å²) in [7, 11) is 0. The number of carbonyl (C=O) groups is 1. The van der Waals surface area contributed by atoms with E-state index in [0.717, 1.165) is 4.47 Å². The normalized spacial score (nSPS) is 10.7. The Kier molecular flexibility index (Phi) is 6.24. The van der Waals surface area contributed by atoms with E-state index < -0.39 is 0 Å². The highest BCUT2D eigenvalue weighted by atomic mass is 79.9. The lowest BCUT2D eigenvalue weighted by molar-refractivity contribution is -0.123. The molecule has 2 aromatic rings. The fourth-order valence-electron chi connectivity index (χ4n) is 1.49. The van der Waals surface area contributed by atoms with Crippen molar-refractivity contribution in [1.29, 1.82) is 0 Å². The van der Waals surface area contributed by atoms with Crippen LogP contribution in [0.25, 0.3) is 0 Å². The maximum absolute atomic E-state index is 11.6. The van der Waals surface area contributed by atoms with Crippen molar-refractivity contribution in [2.45, 2.75) is 0 Å². The van der Waals surface area contributed by atoms with Gasteiger partial charge in [-0.05, 0) is 36.4 Å². The minimum atomic E-state index is -0.371. The quantitative estimate of drug-likeness (QED) is 0.600. The van der Waals surface area contributed by atoms with Gasteiger partial charge in [0.15, 0.2) is 6.61 Å². The van der Waals surface area contributed by atoms with E-state index in [4.69, 9.17) is 27.9 Å².